The van der Waals surface area contributed by atoms with Gasteiger partial charge in [0.05, 0.1) is 24.2 Å². The van der Waals surface area contributed by atoms with Crippen molar-refractivity contribution < 1.29 is 0 Å². The van der Waals surface area contributed by atoms with Crippen LogP contribution in [0.15, 0.2) is 91.0 Å². The van der Waals surface area contributed by atoms with E-state index in [1.54, 1.807) is 0 Å². The lowest BCUT2D eigenvalue weighted by Gasteiger charge is -2.31. The van der Waals surface area contributed by atoms with Crippen LogP contribution in [0, 0.1) is 17.2 Å². The molecular weight excluding hydrogens is 355 g/mol. The fraction of sp³-hybridized carbons (Fsp3) is 0.136. The zero-order chi connectivity index (χ0) is 18.4. The van der Waals surface area contributed by atoms with Gasteiger partial charge in [-0.2, -0.15) is 5.26 Å². The molecule has 0 aliphatic rings. The molecule has 3 aromatic rings. The highest BCUT2D eigenvalue weighted by atomic mass is 32.4. The van der Waals surface area contributed by atoms with Gasteiger partial charge in [-0.05, 0) is 12.5 Å². The second-order valence-corrected chi connectivity index (χ2v) is 10.4. The van der Waals surface area contributed by atoms with E-state index in [1.165, 1.54) is 0 Å². The molecule has 0 radical (unpaired) electrons. The molecule has 0 aliphatic heterocycles. The second kappa shape index (κ2) is 8.43. The van der Waals surface area contributed by atoms with E-state index in [-0.39, 0.29) is 12.0 Å². The van der Waals surface area contributed by atoms with E-state index in [9.17, 15) is 5.26 Å². The van der Waals surface area contributed by atoms with Crippen LogP contribution in [0.3, 0.4) is 0 Å². The van der Waals surface area contributed by atoms with Crippen LogP contribution in [-0.2, 0) is 11.8 Å². The maximum atomic E-state index is 9.59. The van der Waals surface area contributed by atoms with Crippen molar-refractivity contribution in [2.45, 2.75) is 13.0 Å². The summed E-state index contributed by atoms with van der Waals surface area (Å²) in [6.45, 7) is 1.94. The maximum absolute atomic E-state index is 9.59. The van der Waals surface area contributed by atoms with Gasteiger partial charge in [0.25, 0.3) is 0 Å². The standard InChI is InChI=1S/C22H21N2PS/c1-18(17-23)22(19-11-5-2-6-12-19)24-25(26,20-13-7-3-8-14-20)21-15-9-4-10-16-21/h2-16,18,22H,1H3,(H,24,26)/t18-,22?/m1/s1. The third kappa shape index (κ3) is 3.94. The number of hydrogen-bond donors (Lipinski definition) is 1. The first-order valence-electron chi connectivity index (χ1n) is 8.59. The summed E-state index contributed by atoms with van der Waals surface area (Å²) in [5, 5.41) is 15.5. The van der Waals surface area contributed by atoms with Crippen molar-refractivity contribution in [1.29, 1.82) is 5.26 Å². The van der Waals surface area contributed by atoms with Gasteiger partial charge in [-0.15, -0.1) is 0 Å². The molecule has 4 heteroatoms. The predicted octanol–water partition coefficient (Wildman–Crippen LogP) is 4.52. The average molecular weight is 376 g/mol. The second-order valence-electron chi connectivity index (χ2n) is 6.22. The van der Waals surface area contributed by atoms with Gasteiger partial charge in [0, 0.05) is 10.6 Å². The smallest absolute Gasteiger partial charge is 0.0689 e. The first kappa shape index (κ1) is 18.5. The summed E-state index contributed by atoms with van der Waals surface area (Å²) in [6.07, 6.45) is -2.28. The molecule has 2 nitrogen and oxygen atoms in total. The lowest BCUT2D eigenvalue weighted by atomic mass is 9.97. The maximum Gasteiger partial charge on any atom is 0.0689 e. The van der Waals surface area contributed by atoms with Crippen molar-refractivity contribution in [1.82, 2.24) is 5.09 Å². The van der Waals surface area contributed by atoms with E-state index in [4.69, 9.17) is 11.8 Å². The Kier molecular flexibility index (Phi) is 6.01. The Morgan fingerprint density at radius 3 is 1.65 bits per heavy atom. The Balaban J connectivity index is 2.10. The van der Waals surface area contributed by atoms with Crippen molar-refractivity contribution in [2.75, 3.05) is 0 Å². The monoisotopic (exact) mass is 376 g/mol. The quantitative estimate of drug-likeness (QED) is 0.643. The Morgan fingerprint density at radius 2 is 1.23 bits per heavy atom. The minimum atomic E-state index is -2.28. The number of benzene rings is 3. The molecule has 0 saturated carbocycles. The molecule has 1 unspecified atom stereocenters. The van der Waals surface area contributed by atoms with Crippen molar-refractivity contribution in [3.8, 4) is 6.07 Å². The summed E-state index contributed by atoms with van der Waals surface area (Å²) in [5.41, 5.74) is 1.09. The Labute approximate surface area is 160 Å². The lowest BCUT2D eigenvalue weighted by molar-refractivity contribution is 0.541. The van der Waals surface area contributed by atoms with Gasteiger partial charge in [-0.3, -0.25) is 5.09 Å². The van der Waals surface area contributed by atoms with Gasteiger partial charge in [0.2, 0.25) is 0 Å². The van der Waals surface area contributed by atoms with Gasteiger partial charge in [0.1, 0.15) is 0 Å². The van der Waals surface area contributed by atoms with Gasteiger partial charge in [-0.25, -0.2) is 0 Å². The molecular formula is C22H21N2PS. The highest BCUT2D eigenvalue weighted by Crippen LogP contribution is 2.43. The van der Waals surface area contributed by atoms with Crippen LogP contribution in [0.4, 0.5) is 0 Å². The molecule has 3 aromatic carbocycles. The molecule has 0 bridgehead atoms. The molecule has 26 heavy (non-hydrogen) atoms. The number of nitrogens with zero attached hydrogens (tertiary/aromatic N) is 1. The highest BCUT2D eigenvalue weighted by Gasteiger charge is 2.29. The lowest BCUT2D eigenvalue weighted by Crippen LogP contribution is -2.33. The fourth-order valence-corrected chi connectivity index (χ4v) is 6.60. The van der Waals surface area contributed by atoms with Crippen LogP contribution in [0.5, 0.6) is 0 Å². The average Bonchev–Trinajstić information content (AvgIpc) is 2.73. The van der Waals surface area contributed by atoms with Crippen LogP contribution in [0.2, 0.25) is 0 Å². The molecule has 0 heterocycles. The number of hydrogen-bond acceptors (Lipinski definition) is 2. The fourth-order valence-electron chi connectivity index (χ4n) is 2.98. The number of nitriles is 1. The summed E-state index contributed by atoms with van der Waals surface area (Å²) in [5.74, 6) is -0.202. The molecule has 1 N–H and O–H groups in total. The molecule has 0 aliphatic carbocycles. The topological polar surface area (TPSA) is 35.8 Å². The summed E-state index contributed by atoms with van der Waals surface area (Å²) in [6, 6.07) is 32.8. The summed E-state index contributed by atoms with van der Waals surface area (Å²) >= 11 is 6.27. The molecule has 130 valence electrons. The Morgan fingerprint density at radius 1 is 0.808 bits per heavy atom. The summed E-state index contributed by atoms with van der Waals surface area (Å²) in [4.78, 5) is 0. The Hall–Kier alpha value is -2.24. The molecule has 2 atom stereocenters. The van der Waals surface area contributed by atoms with Crippen molar-refractivity contribution in [3.05, 3.63) is 96.6 Å². The van der Waals surface area contributed by atoms with Gasteiger partial charge in [-0.1, -0.05) is 103 Å². The molecule has 0 amide bonds. The van der Waals surface area contributed by atoms with Gasteiger partial charge in [0.15, 0.2) is 0 Å². The van der Waals surface area contributed by atoms with Crippen molar-refractivity contribution in [2.24, 2.45) is 5.92 Å². The van der Waals surface area contributed by atoms with Crippen LogP contribution in [-0.4, -0.2) is 0 Å². The third-order valence-electron chi connectivity index (χ3n) is 4.42. The molecule has 3 rings (SSSR count). The highest BCUT2D eigenvalue weighted by molar-refractivity contribution is 8.20. The minimum Gasteiger partial charge on any atom is -0.273 e. The Bertz CT molecular complexity index is 877. The zero-order valence-electron chi connectivity index (χ0n) is 14.6. The van der Waals surface area contributed by atoms with Crippen molar-refractivity contribution in [3.63, 3.8) is 0 Å². The first-order valence-corrected chi connectivity index (χ1v) is 11.4. The van der Waals surface area contributed by atoms with Crippen molar-refractivity contribution >= 4 is 28.6 Å². The first-order chi connectivity index (χ1) is 12.6. The van der Waals surface area contributed by atoms with E-state index in [0.29, 0.717) is 0 Å². The SMILES string of the molecule is C[C@H](C#N)C(NP(=S)(c1ccccc1)c1ccccc1)c1ccccc1. The van der Waals surface area contributed by atoms with Crippen LogP contribution in [0.25, 0.3) is 0 Å². The molecule has 0 aromatic heterocycles. The molecule has 0 fully saturated rings. The molecule has 0 saturated heterocycles. The van der Waals surface area contributed by atoms with Crippen LogP contribution < -0.4 is 15.7 Å². The molecule has 0 spiro atoms. The normalized spacial score (nSPS) is 13.5. The van der Waals surface area contributed by atoms with Crippen LogP contribution >= 0.6 is 6.19 Å². The van der Waals surface area contributed by atoms with E-state index in [2.05, 4.69) is 47.6 Å². The van der Waals surface area contributed by atoms with E-state index < -0.39 is 6.19 Å². The predicted molar refractivity (Wildman–Crippen MR) is 114 cm³/mol. The summed E-state index contributed by atoms with van der Waals surface area (Å²) in [7, 11) is 0. The zero-order valence-corrected chi connectivity index (χ0v) is 16.3. The minimum absolute atomic E-state index is 0.132. The summed E-state index contributed by atoms with van der Waals surface area (Å²) < 4.78 is 0. The van der Waals surface area contributed by atoms with Gasteiger partial charge < -0.3 is 0 Å². The van der Waals surface area contributed by atoms with Crippen LogP contribution in [0.1, 0.15) is 18.5 Å². The van der Waals surface area contributed by atoms with E-state index in [0.717, 1.165) is 16.2 Å². The van der Waals surface area contributed by atoms with E-state index >= 15 is 0 Å². The number of rotatable bonds is 6. The number of nitrogens with one attached hydrogen (secondary N) is 1. The third-order valence-corrected chi connectivity index (χ3v) is 8.70. The van der Waals surface area contributed by atoms with E-state index in [1.807, 2.05) is 61.5 Å². The largest absolute Gasteiger partial charge is 0.273 e. The van der Waals surface area contributed by atoms with Gasteiger partial charge >= 0.3 is 0 Å².